The van der Waals surface area contributed by atoms with Crippen molar-refractivity contribution < 1.29 is 10.2 Å². The summed E-state index contributed by atoms with van der Waals surface area (Å²) in [6.45, 7) is 8.70. The number of hydrogen-bond acceptors (Lipinski definition) is 3. The summed E-state index contributed by atoms with van der Waals surface area (Å²) in [4.78, 5) is 0. The first-order chi connectivity index (χ1) is 13.9. The normalized spacial score (nSPS) is 12.6. The van der Waals surface area contributed by atoms with Crippen molar-refractivity contribution in [1.29, 1.82) is 0 Å². The van der Waals surface area contributed by atoms with Gasteiger partial charge in [0.15, 0.2) is 0 Å². The minimum absolute atomic E-state index is 0.00577. The molecule has 0 amide bonds. The monoisotopic (exact) mass is 407 g/mol. The van der Waals surface area contributed by atoms with E-state index in [2.05, 4.69) is 39.6 Å². The van der Waals surface area contributed by atoms with Gasteiger partial charge in [0.05, 0.1) is 11.0 Å². The minimum Gasteiger partial charge on any atom is -0.508 e. The maximum Gasteiger partial charge on any atom is 0.128 e. The predicted molar refractivity (Wildman–Crippen MR) is 120 cm³/mol. The topological polar surface area (TPSA) is 77.0 Å². The van der Waals surface area contributed by atoms with Crippen LogP contribution in [-0.2, 0) is 13.0 Å². The molecule has 0 radical (unpaired) electrons. The Labute approximate surface area is 175 Å². The minimum atomic E-state index is -0.00577. The number of benzene rings is 1. The molecule has 1 aromatic carbocycles. The number of nitrogens with zero attached hydrogens (tertiary/aromatic N) is 1. The Hall–Kier alpha value is -3.17. The maximum absolute atomic E-state index is 10.5. The fourth-order valence-electron chi connectivity index (χ4n) is 3.54. The van der Waals surface area contributed by atoms with E-state index in [1.165, 1.54) is 6.07 Å². The number of aryl methyl sites for hydroxylation is 2. The summed E-state index contributed by atoms with van der Waals surface area (Å²) in [7, 11) is 0. The smallest absolute Gasteiger partial charge is 0.128 e. The van der Waals surface area contributed by atoms with Crippen molar-refractivity contribution in [1.82, 2.24) is 14.8 Å². The first-order valence-corrected chi connectivity index (χ1v) is 9.98. The van der Waals surface area contributed by atoms with Crippen LogP contribution in [0.4, 0.5) is 0 Å². The maximum atomic E-state index is 10.5. The number of nitrogens with one attached hydrogen (secondary N) is 2. The summed E-state index contributed by atoms with van der Waals surface area (Å²) in [5, 5.41) is 28.7. The van der Waals surface area contributed by atoms with Gasteiger partial charge >= 0.3 is 0 Å². The number of rotatable bonds is 4. The molecule has 29 heavy (non-hydrogen) atoms. The molecule has 0 aliphatic rings. The molecule has 150 valence electrons. The first-order valence-electron chi connectivity index (χ1n) is 9.57. The van der Waals surface area contributed by atoms with Gasteiger partial charge in [-0.3, -0.25) is 10.2 Å². The molecule has 5 nitrogen and oxygen atoms in total. The highest BCUT2D eigenvalue weighted by Crippen LogP contribution is 2.37. The molecule has 0 aliphatic heterocycles. The molecule has 0 aliphatic carbocycles. The van der Waals surface area contributed by atoms with Crippen molar-refractivity contribution in [2.75, 3.05) is 0 Å². The second-order valence-corrected chi connectivity index (χ2v) is 7.15. The Morgan fingerprint density at radius 1 is 1.21 bits per heavy atom. The molecule has 0 saturated carbocycles. The number of phenolic OH excluding ortho intramolecular Hbond substituents is 2. The van der Waals surface area contributed by atoms with Gasteiger partial charge in [-0.15, -0.1) is 5.92 Å². The third-order valence-corrected chi connectivity index (χ3v) is 5.41. The predicted octanol–water partition coefficient (Wildman–Crippen LogP) is 3.56. The third-order valence-electron chi connectivity index (χ3n) is 5.10. The molecule has 0 saturated heterocycles. The highest BCUT2D eigenvalue weighted by molar-refractivity contribution is 7.71. The van der Waals surface area contributed by atoms with Crippen LogP contribution in [0.25, 0.3) is 22.9 Å². The summed E-state index contributed by atoms with van der Waals surface area (Å²) in [6, 6.07) is 5.23. The Morgan fingerprint density at radius 2 is 1.97 bits per heavy atom. The fraction of sp³-hybridized carbons (Fsp3) is 0.261. The van der Waals surface area contributed by atoms with E-state index < -0.39 is 0 Å². The van der Waals surface area contributed by atoms with E-state index in [9.17, 15) is 10.2 Å². The molecular formula is C23H25N3O2S. The largest absolute Gasteiger partial charge is 0.508 e. The standard InChI is InChI=1S/C23H25N3O2S/c1-5-8-9-18-16(10-11-26(18)7-3)14(4)21-22(24-25-23(21)29)17-12-15(6-2)19(27)13-20(17)28/h9-13,27-28H,6-7H2,1-4H3,(H2,24,25,29)/b16-14+,18-9+. The lowest BCUT2D eigenvalue weighted by Crippen LogP contribution is -2.30. The second kappa shape index (κ2) is 8.46. The molecule has 6 heteroatoms. The summed E-state index contributed by atoms with van der Waals surface area (Å²) < 4.78 is 2.69. The van der Waals surface area contributed by atoms with Crippen molar-refractivity contribution >= 4 is 23.9 Å². The summed E-state index contributed by atoms with van der Waals surface area (Å²) in [5.41, 5.74) is 3.83. The van der Waals surface area contributed by atoms with Gasteiger partial charge in [-0.05, 0) is 50.5 Å². The van der Waals surface area contributed by atoms with Crippen LogP contribution in [0.2, 0.25) is 0 Å². The van der Waals surface area contributed by atoms with Gasteiger partial charge < -0.3 is 14.8 Å². The van der Waals surface area contributed by atoms with Crippen LogP contribution >= 0.6 is 12.2 Å². The Morgan fingerprint density at radius 3 is 2.62 bits per heavy atom. The van der Waals surface area contributed by atoms with E-state index in [0.29, 0.717) is 22.3 Å². The van der Waals surface area contributed by atoms with Crippen LogP contribution < -0.4 is 10.6 Å². The number of hydrogen-bond donors (Lipinski definition) is 4. The molecule has 0 unspecified atom stereocenters. The van der Waals surface area contributed by atoms with E-state index in [-0.39, 0.29) is 11.5 Å². The van der Waals surface area contributed by atoms with Crippen LogP contribution in [0.1, 0.15) is 38.8 Å². The number of aromatic nitrogens is 3. The van der Waals surface area contributed by atoms with Crippen LogP contribution in [-0.4, -0.2) is 25.0 Å². The molecule has 4 N–H and O–H groups in total. The zero-order chi connectivity index (χ0) is 21.1. The highest BCUT2D eigenvalue weighted by Gasteiger charge is 2.17. The molecule has 0 fully saturated rings. The zero-order valence-electron chi connectivity index (χ0n) is 17.1. The van der Waals surface area contributed by atoms with Gasteiger partial charge in [0, 0.05) is 41.2 Å². The van der Waals surface area contributed by atoms with Crippen molar-refractivity contribution in [3.05, 3.63) is 50.7 Å². The Balaban J connectivity index is 2.36. The van der Waals surface area contributed by atoms with Gasteiger partial charge in [-0.2, -0.15) is 0 Å². The number of aromatic amines is 2. The third kappa shape index (κ3) is 3.74. The molecular weight excluding hydrogens is 382 g/mol. The quantitative estimate of drug-likeness (QED) is 0.395. The number of phenols is 2. The van der Waals surface area contributed by atoms with Crippen LogP contribution in [0, 0.1) is 16.5 Å². The van der Waals surface area contributed by atoms with E-state index in [4.69, 9.17) is 12.2 Å². The van der Waals surface area contributed by atoms with Crippen molar-refractivity contribution in [3.8, 4) is 34.6 Å². The summed E-state index contributed by atoms with van der Waals surface area (Å²) in [6.07, 6.45) is 4.60. The summed E-state index contributed by atoms with van der Waals surface area (Å²) >= 11 is 5.56. The highest BCUT2D eigenvalue weighted by atomic mass is 32.1. The lowest BCUT2D eigenvalue weighted by molar-refractivity contribution is 0.447. The van der Waals surface area contributed by atoms with Gasteiger partial charge in [-0.1, -0.05) is 25.1 Å². The number of aromatic hydroxyl groups is 2. The number of H-pyrrole nitrogens is 2. The lowest BCUT2D eigenvalue weighted by Gasteiger charge is -2.10. The van der Waals surface area contributed by atoms with Crippen molar-refractivity contribution in [2.45, 2.75) is 40.7 Å². The molecule has 3 aromatic rings. The molecule has 0 spiro atoms. The average Bonchev–Trinajstić information content (AvgIpc) is 3.29. The average molecular weight is 408 g/mol. The molecule has 2 heterocycles. The zero-order valence-corrected chi connectivity index (χ0v) is 17.9. The molecule has 0 bridgehead atoms. The van der Waals surface area contributed by atoms with Crippen LogP contribution in [0.3, 0.4) is 0 Å². The molecule has 3 rings (SSSR count). The van der Waals surface area contributed by atoms with E-state index in [1.54, 1.807) is 6.07 Å². The second-order valence-electron chi connectivity index (χ2n) is 6.75. The Kier molecular flexibility index (Phi) is 6.00. The molecule has 2 aromatic heterocycles. The van der Waals surface area contributed by atoms with E-state index in [0.717, 1.165) is 33.8 Å². The Bertz CT molecular complexity index is 1300. The van der Waals surface area contributed by atoms with Crippen LogP contribution in [0.15, 0.2) is 24.4 Å². The summed E-state index contributed by atoms with van der Waals surface area (Å²) in [5.74, 6) is 6.03. The van der Waals surface area contributed by atoms with Crippen LogP contribution in [0.5, 0.6) is 11.5 Å². The van der Waals surface area contributed by atoms with E-state index >= 15 is 0 Å². The van der Waals surface area contributed by atoms with Gasteiger partial charge in [0.1, 0.15) is 16.1 Å². The van der Waals surface area contributed by atoms with Crippen molar-refractivity contribution in [3.63, 3.8) is 0 Å². The fourth-order valence-corrected chi connectivity index (χ4v) is 3.84. The first kappa shape index (κ1) is 20.6. The molecule has 0 atom stereocenters. The van der Waals surface area contributed by atoms with Gasteiger partial charge in [0.2, 0.25) is 0 Å². The van der Waals surface area contributed by atoms with E-state index in [1.807, 2.05) is 33.0 Å². The lowest BCUT2D eigenvalue weighted by atomic mass is 9.98. The van der Waals surface area contributed by atoms with Gasteiger partial charge in [0.25, 0.3) is 0 Å². The SMILES string of the molecule is CC#C/C=c1\c(=C(/C)c2c(-c3cc(CC)c(O)cc3O)[nH][nH]c2=S)ccn1CC. The van der Waals surface area contributed by atoms with Gasteiger partial charge in [-0.25, -0.2) is 0 Å². The van der Waals surface area contributed by atoms with Crippen molar-refractivity contribution in [2.24, 2.45) is 0 Å².